The Morgan fingerprint density at radius 1 is 1.12 bits per heavy atom. The lowest BCUT2D eigenvalue weighted by molar-refractivity contribution is 0.277. The molecule has 1 aliphatic rings. The topological polar surface area (TPSA) is 66.5 Å². The van der Waals surface area contributed by atoms with Crippen molar-refractivity contribution in [2.45, 2.75) is 37.6 Å². The third-order valence-corrected chi connectivity index (χ3v) is 3.35. The van der Waals surface area contributed by atoms with Gasteiger partial charge in [-0.2, -0.15) is 0 Å². The van der Waals surface area contributed by atoms with E-state index in [2.05, 4.69) is 0 Å². The molecule has 16 heavy (non-hydrogen) atoms. The number of benzene rings is 1. The van der Waals surface area contributed by atoms with E-state index in [4.69, 9.17) is 5.73 Å². The molecule has 0 aromatic heterocycles. The van der Waals surface area contributed by atoms with Crippen LogP contribution in [0.15, 0.2) is 12.1 Å². The summed E-state index contributed by atoms with van der Waals surface area (Å²) < 4.78 is 13.7. The first-order valence-electron chi connectivity index (χ1n) is 5.54. The molecule has 0 radical (unpaired) electrons. The van der Waals surface area contributed by atoms with Gasteiger partial charge in [-0.3, -0.25) is 0 Å². The van der Waals surface area contributed by atoms with E-state index in [1.807, 2.05) is 0 Å². The van der Waals surface area contributed by atoms with Crippen molar-refractivity contribution in [3.8, 4) is 11.5 Å². The Balaban J connectivity index is 2.49. The largest absolute Gasteiger partial charge is 0.504 e. The van der Waals surface area contributed by atoms with E-state index in [1.54, 1.807) is 0 Å². The van der Waals surface area contributed by atoms with Gasteiger partial charge in [-0.15, -0.1) is 0 Å². The van der Waals surface area contributed by atoms with Crippen LogP contribution in [-0.2, 0) is 5.54 Å². The number of aromatic hydroxyl groups is 2. The molecule has 1 aliphatic carbocycles. The minimum atomic E-state index is -0.842. The summed E-state index contributed by atoms with van der Waals surface area (Å²) in [4.78, 5) is 0. The minimum absolute atomic E-state index is 0.0622. The first kappa shape index (κ1) is 11.2. The van der Waals surface area contributed by atoms with Gasteiger partial charge in [0.15, 0.2) is 11.5 Å². The lowest BCUT2D eigenvalue weighted by Gasteiger charge is -2.34. The van der Waals surface area contributed by atoms with E-state index in [9.17, 15) is 14.6 Å². The summed E-state index contributed by atoms with van der Waals surface area (Å²) in [7, 11) is 0. The second-order valence-corrected chi connectivity index (χ2v) is 4.51. The Morgan fingerprint density at radius 2 is 1.75 bits per heavy atom. The fourth-order valence-electron chi connectivity index (χ4n) is 2.46. The number of rotatable bonds is 1. The van der Waals surface area contributed by atoms with Crippen molar-refractivity contribution in [3.05, 3.63) is 23.5 Å². The van der Waals surface area contributed by atoms with Crippen molar-refractivity contribution in [3.63, 3.8) is 0 Å². The van der Waals surface area contributed by atoms with Crippen molar-refractivity contribution < 1.29 is 14.6 Å². The van der Waals surface area contributed by atoms with E-state index in [1.165, 1.54) is 0 Å². The highest BCUT2D eigenvalue weighted by Gasteiger charge is 2.35. The highest BCUT2D eigenvalue weighted by atomic mass is 19.1. The maximum Gasteiger partial charge on any atom is 0.165 e. The normalized spacial score (nSPS) is 19.6. The number of nitrogens with two attached hydrogens (primary N) is 1. The quantitative estimate of drug-likeness (QED) is 0.643. The van der Waals surface area contributed by atoms with Gasteiger partial charge in [-0.25, -0.2) is 4.39 Å². The Labute approximate surface area is 93.7 Å². The Bertz CT molecular complexity index is 400. The Hall–Kier alpha value is -1.29. The van der Waals surface area contributed by atoms with Crippen LogP contribution in [0.3, 0.4) is 0 Å². The van der Waals surface area contributed by atoms with Crippen molar-refractivity contribution in [1.82, 2.24) is 0 Å². The molecule has 0 saturated heterocycles. The number of phenolic OH excluding ortho intramolecular Hbond substituents is 2. The van der Waals surface area contributed by atoms with Crippen LogP contribution in [0.4, 0.5) is 4.39 Å². The van der Waals surface area contributed by atoms with Crippen LogP contribution in [0.1, 0.15) is 37.7 Å². The lowest BCUT2D eigenvalue weighted by Crippen LogP contribution is -2.39. The number of halogens is 1. The summed E-state index contributed by atoms with van der Waals surface area (Å²) in [6, 6.07) is 2.29. The van der Waals surface area contributed by atoms with Crippen LogP contribution < -0.4 is 5.73 Å². The molecule has 1 aromatic carbocycles. The maximum absolute atomic E-state index is 13.7. The molecule has 0 amide bonds. The third kappa shape index (κ3) is 1.73. The minimum Gasteiger partial charge on any atom is -0.504 e. The summed E-state index contributed by atoms with van der Waals surface area (Å²) in [5.74, 6) is -1.27. The smallest absolute Gasteiger partial charge is 0.165 e. The molecule has 0 spiro atoms. The molecule has 88 valence electrons. The van der Waals surface area contributed by atoms with Crippen LogP contribution in [0.2, 0.25) is 0 Å². The van der Waals surface area contributed by atoms with Crippen molar-refractivity contribution in [2.75, 3.05) is 0 Å². The molecule has 0 aliphatic heterocycles. The molecule has 0 unspecified atom stereocenters. The van der Waals surface area contributed by atoms with Gasteiger partial charge in [0, 0.05) is 5.54 Å². The summed E-state index contributed by atoms with van der Waals surface area (Å²) in [5, 5.41) is 19.1. The van der Waals surface area contributed by atoms with Gasteiger partial charge in [0.05, 0.1) is 5.56 Å². The zero-order valence-corrected chi connectivity index (χ0v) is 9.04. The van der Waals surface area contributed by atoms with Crippen molar-refractivity contribution >= 4 is 0 Å². The van der Waals surface area contributed by atoms with Crippen molar-refractivity contribution in [1.29, 1.82) is 0 Å². The van der Waals surface area contributed by atoms with Crippen LogP contribution in [-0.4, -0.2) is 10.2 Å². The zero-order chi connectivity index (χ0) is 11.8. The van der Waals surface area contributed by atoms with Crippen LogP contribution in [0.25, 0.3) is 0 Å². The van der Waals surface area contributed by atoms with Crippen molar-refractivity contribution in [2.24, 2.45) is 5.73 Å². The summed E-state index contributed by atoms with van der Waals surface area (Å²) >= 11 is 0. The van der Waals surface area contributed by atoms with E-state index >= 15 is 0 Å². The zero-order valence-electron chi connectivity index (χ0n) is 9.04. The van der Waals surface area contributed by atoms with Gasteiger partial charge < -0.3 is 15.9 Å². The third-order valence-electron chi connectivity index (χ3n) is 3.35. The predicted octanol–water partition coefficient (Wildman–Crippen LogP) is 2.36. The molecule has 1 aromatic rings. The van der Waals surface area contributed by atoms with Crippen LogP contribution >= 0.6 is 0 Å². The molecule has 4 N–H and O–H groups in total. The van der Waals surface area contributed by atoms with Gasteiger partial charge in [-0.05, 0) is 25.0 Å². The molecule has 0 atom stereocenters. The van der Waals surface area contributed by atoms with Gasteiger partial charge in [0.1, 0.15) is 5.82 Å². The van der Waals surface area contributed by atoms with E-state index in [-0.39, 0.29) is 11.3 Å². The molecule has 0 heterocycles. The second-order valence-electron chi connectivity index (χ2n) is 4.51. The van der Waals surface area contributed by atoms with Gasteiger partial charge >= 0.3 is 0 Å². The standard InChI is InChI=1S/C12H16FNO2/c13-8-4-5-9(15)11(16)10(8)12(14)6-2-1-3-7-12/h4-5,15-16H,1-3,6-7,14H2. The molecule has 0 bridgehead atoms. The van der Waals surface area contributed by atoms with Gasteiger partial charge in [-0.1, -0.05) is 19.3 Å². The molecule has 1 saturated carbocycles. The number of hydrogen-bond acceptors (Lipinski definition) is 3. The van der Waals surface area contributed by atoms with E-state index in [0.29, 0.717) is 12.8 Å². The molecule has 2 rings (SSSR count). The monoisotopic (exact) mass is 225 g/mol. The highest BCUT2D eigenvalue weighted by molar-refractivity contribution is 5.48. The summed E-state index contributed by atoms with van der Waals surface area (Å²) in [5.41, 5.74) is 5.36. The summed E-state index contributed by atoms with van der Waals surface area (Å²) in [6.45, 7) is 0. The Kier molecular flexibility index (Phi) is 2.76. The molecule has 3 nitrogen and oxygen atoms in total. The molecule has 1 fully saturated rings. The van der Waals surface area contributed by atoms with Crippen LogP contribution in [0.5, 0.6) is 11.5 Å². The van der Waals surface area contributed by atoms with E-state index in [0.717, 1.165) is 31.4 Å². The first-order valence-corrected chi connectivity index (χ1v) is 5.54. The second kappa shape index (κ2) is 3.94. The summed E-state index contributed by atoms with van der Waals surface area (Å²) in [6.07, 6.45) is 4.21. The molecular weight excluding hydrogens is 209 g/mol. The SMILES string of the molecule is NC1(c2c(F)ccc(O)c2O)CCCCC1. The number of hydrogen-bond donors (Lipinski definition) is 3. The van der Waals surface area contributed by atoms with Gasteiger partial charge in [0.2, 0.25) is 0 Å². The van der Waals surface area contributed by atoms with Gasteiger partial charge in [0.25, 0.3) is 0 Å². The fraction of sp³-hybridized carbons (Fsp3) is 0.500. The Morgan fingerprint density at radius 3 is 2.38 bits per heavy atom. The lowest BCUT2D eigenvalue weighted by atomic mass is 9.77. The first-order chi connectivity index (χ1) is 7.54. The molecule has 4 heteroatoms. The highest BCUT2D eigenvalue weighted by Crippen LogP contribution is 2.43. The van der Waals surface area contributed by atoms with E-state index < -0.39 is 17.1 Å². The molecular formula is C12H16FNO2. The average Bonchev–Trinajstić information content (AvgIpc) is 2.25. The predicted molar refractivity (Wildman–Crippen MR) is 58.7 cm³/mol. The fourth-order valence-corrected chi connectivity index (χ4v) is 2.46. The maximum atomic E-state index is 13.7. The number of phenols is 2. The van der Waals surface area contributed by atoms with Crippen LogP contribution in [0, 0.1) is 5.82 Å². The average molecular weight is 225 g/mol.